The van der Waals surface area contributed by atoms with E-state index >= 15 is 0 Å². The van der Waals surface area contributed by atoms with Crippen LogP contribution in [0, 0.1) is 6.92 Å². The van der Waals surface area contributed by atoms with Crippen molar-refractivity contribution in [1.82, 2.24) is 20.1 Å². The number of fused-ring (bicyclic) bond motifs is 1. The number of anilines is 1. The first kappa shape index (κ1) is 24.9. The second kappa shape index (κ2) is 11.1. The van der Waals surface area contributed by atoms with Gasteiger partial charge in [-0.1, -0.05) is 72.3 Å². The number of pyridine rings is 1. The van der Waals surface area contributed by atoms with Crippen molar-refractivity contribution in [2.24, 2.45) is 0 Å². The van der Waals surface area contributed by atoms with Crippen molar-refractivity contribution in [2.75, 3.05) is 11.9 Å². The third-order valence-electron chi connectivity index (χ3n) is 6.37. The summed E-state index contributed by atoms with van der Waals surface area (Å²) in [5, 5.41) is 11.0. The van der Waals surface area contributed by atoms with Gasteiger partial charge in [-0.2, -0.15) is 5.10 Å². The van der Waals surface area contributed by atoms with Crippen molar-refractivity contribution in [3.63, 3.8) is 0 Å². The van der Waals surface area contributed by atoms with E-state index in [0.29, 0.717) is 36.5 Å². The maximum atomic E-state index is 13.6. The Morgan fingerprint density at radius 1 is 0.895 bits per heavy atom. The number of amides is 2. The normalized spacial score (nSPS) is 10.9. The molecule has 2 aromatic heterocycles. The summed E-state index contributed by atoms with van der Waals surface area (Å²) in [7, 11) is 0. The standard InChI is InChI=1S/C31H29N5O2/c1-3-36-20-28(29(35-36)31(38)32-17-16-22-11-5-4-6-12-22)34-30(37)25-19-27(23-13-9-10-21(2)18-23)33-26-15-8-7-14-24(25)26/h4-15,18-20H,3,16-17H2,1-2H3,(H,32,38)(H,34,37). The Bertz CT molecular complexity index is 1610. The van der Waals surface area contributed by atoms with Crippen LogP contribution >= 0.6 is 0 Å². The van der Waals surface area contributed by atoms with Crippen LogP contribution in [-0.4, -0.2) is 33.1 Å². The van der Waals surface area contributed by atoms with Crippen molar-refractivity contribution in [3.8, 4) is 11.3 Å². The van der Waals surface area contributed by atoms with Gasteiger partial charge < -0.3 is 10.6 Å². The second-order valence-corrected chi connectivity index (χ2v) is 9.13. The molecule has 0 unspecified atom stereocenters. The number of carbonyl (C=O) groups excluding carboxylic acids is 2. The third kappa shape index (κ3) is 5.47. The molecular weight excluding hydrogens is 474 g/mol. The zero-order valence-electron chi connectivity index (χ0n) is 21.4. The molecule has 0 fully saturated rings. The summed E-state index contributed by atoms with van der Waals surface area (Å²) < 4.78 is 1.64. The summed E-state index contributed by atoms with van der Waals surface area (Å²) in [5.74, 6) is -0.657. The van der Waals surface area contributed by atoms with Crippen LogP contribution in [0.15, 0.2) is 91.1 Å². The van der Waals surface area contributed by atoms with Crippen molar-refractivity contribution in [2.45, 2.75) is 26.8 Å². The molecule has 0 saturated heterocycles. The molecule has 0 radical (unpaired) electrons. The molecule has 0 saturated carbocycles. The molecule has 0 aliphatic carbocycles. The number of para-hydroxylation sites is 1. The predicted octanol–water partition coefficient (Wildman–Crippen LogP) is 5.65. The minimum Gasteiger partial charge on any atom is -0.350 e. The molecule has 2 heterocycles. The highest BCUT2D eigenvalue weighted by atomic mass is 16.2. The maximum absolute atomic E-state index is 13.6. The fourth-order valence-corrected chi connectivity index (χ4v) is 4.40. The number of carbonyl (C=O) groups is 2. The first-order chi connectivity index (χ1) is 18.5. The van der Waals surface area contributed by atoms with Gasteiger partial charge in [-0.05, 0) is 44.0 Å². The van der Waals surface area contributed by atoms with E-state index in [1.165, 1.54) is 0 Å². The van der Waals surface area contributed by atoms with Crippen LogP contribution in [0.3, 0.4) is 0 Å². The van der Waals surface area contributed by atoms with Gasteiger partial charge in [-0.15, -0.1) is 0 Å². The Morgan fingerprint density at radius 2 is 1.68 bits per heavy atom. The number of nitrogens with zero attached hydrogens (tertiary/aromatic N) is 3. The van der Waals surface area contributed by atoms with Crippen molar-refractivity contribution >= 4 is 28.4 Å². The number of benzene rings is 3. The van der Waals surface area contributed by atoms with Crippen molar-refractivity contribution < 1.29 is 9.59 Å². The average Bonchev–Trinajstić information content (AvgIpc) is 3.36. The highest BCUT2D eigenvalue weighted by Gasteiger charge is 2.21. The first-order valence-corrected chi connectivity index (χ1v) is 12.7. The summed E-state index contributed by atoms with van der Waals surface area (Å²) in [6.45, 7) is 4.98. The van der Waals surface area contributed by atoms with Gasteiger partial charge in [0.15, 0.2) is 5.69 Å². The third-order valence-corrected chi connectivity index (χ3v) is 6.37. The van der Waals surface area contributed by atoms with Crippen LogP contribution in [0.2, 0.25) is 0 Å². The minimum absolute atomic E-state index is 0.186. The number of hydrogen-bond acceptors (Lipinski definition) is 4. The fourth-order valence-electron chi connectivity index (χ4n) is 4.40. The predicted molar refractivity (Wildman–Crippen MR) is 150 cm³/mol. The van der Waals surface area contributed by atoms with Gasteiger partial charge in [0.1, 0.15) is 0 Å². The molecule has 0 aliphatic heterocycles. The van der Waals surface area contributed by atoms with E-state index in [2.05, 4.69) is 15.7 Å². The largest absolute Gasteiger partial charge is 0.350 e. The first-order valence-electron chi connectivity index (χ1n) is 12.7. The van der Waals surface area contributed by atoms with Crippen LogP contribution in [0.5, 0.6) is 0 Å². The van der Waals surface area contributed by atoms with Crippen LogP contribution < -0.4 is 10.6 Å². The Hall–Kier alpha value is -4.78. The highest BCUT2D eigenvalue weighted by Crippen LogP contribution is 2.26. The summed E-state index contributed by atoms with van der Waals surface area (Å²) in [6, 6.07) is 27.3. The van der Waals surface area contributed by atoms with Gasteiger partial charge in [0, 0.05) is 30.2 Å². The van der Waals surface area contributed by atoms with Gasteiger partial charge in [0.25, 0.3) is 11.8 Å². The zero-order chi connectivity index (χ0) is 26.5. The molecule has 3 aromatic carbocycles. The van der Waals surface area contributed by atoms with Gasteiger partial charge in [-0.3, -0.25) is 14.3 Å². The lowest BCUT2D eigenvalue weighted by Crippen LogP contribution is -2.27. The molecule has 0 spiro atoms. The van der Waals surface area contributed by atoms with Gasteiger partial charge in [-0.25, -0.2) is 4.98 Å². The van der Waals surface area contributed by atoms with Gasteiger partial charge >= 0.3 is 0 Å². The molecule has 5 aromatic rings. The topological polar surface area (TPSA) is 88.9 Å². The van der Waals surface area contributed by atoms with Gasteiger partial charge in [0.05, 0.1) is 22.5 Å². The Kier molecular flexibility index (Phi) is 7.26. The number of nitrogens with one attached hydrogen (secondary N) is 2. The smallest absolute Gasteiger partial charge is 0.273 e. The molecule has 7 nitrogen and oxygen atoms in total. The molecule has 2 amide bonds. The number of aryl methyl sites for hydroxylation is 2. The minimum atomic E-state index is -0.330. The maximum Gasteiger partial charge on any atom is 0.273 e. The lowest BCUT2D eigenvalue weighted by atomic mass is 10.0. The number of hydrogen-bond donors (Lipinski definition) is 2. The quantitative estimate of drug-likeness (QED) is 0.286. The van der Waals surface area contributed by atoms with E-state index in [4.69, 9.17) is 4.98 Å². The van der Waals surface area contributed by atoms with Crippen molar-refractivity contribution in [3.05, 3.63) is 114 Å². The van der Waals surface area contributed by atoms with E-state index in [1.807, 2.05) is 92.7 Å². The van der Waals surface area contributed by atoms with E-state index in [0.717, 1.165) is 27.6 Å². The average molecular weight is 504 g/mol. The lowest BCUT2D eigenvalue weighted by Gasteiger charge is -2.11. The monoisotopic (exact) mass is 503 g/mol. The molecule has 38 heavy (non-hydrogen) atoms. The van der Waals surface area contributed by atoms with Crippen LogP contribution in [-0.2, 0) is 13.0 Å². The van der Waals surface area contributed by atoms with Crippen LogP contribution in [0.25, 0.3) is 22.2 Å². The van der Waals surface area contributed by atoms with Crippen LogP contribution in [0.4, 0.5) is 5.69 Å². The number of rotatable bonds is 8. The molecule has 7 heteroatoms. The summed E-state index contributed by atoms with van der Waals surface area (Å²) in [5.41, 5.74) is 5.64. The summed E-state index contributed by atoms with van der Waals surface area (Å²) in [4.78, 5) is 31.5. The van der Waals surface area contributed by atoms with Gasteiger partial charge in [0.2, 0.25) is 0 Å². The van der Waals surface area contributed by atoms with E-state index in [9.17, 15) is 9.59 Å². The molecule has 0 bridgehead atoms. The lowest BCUT2D eigenvalue weighted by molar-refractivity contribution is 0.0949. The van der Waals surface area contributed by atoms with Crippen LogP contribution in [0.1, 0.15) is 38.9 Å². The Labute approximate surface area is 221 Å². The SMILES string of the molecule is CCn1cc(NC(=O)c2cc(-c3cccc(C)c3)nc3ccccc23)c(C(=O)NCCc2ccccc2)n1. The second-order valence-electron chi connectivity index (χ2n) is 9.13. The fraction of sp³-hybridized carbons (Fsp3) is 0.161. The summed E-state index contributed by atoms with van der Waals surface area (Å²) >= 11 is 0. The van der Waals surface area contributed by atoms with E-state index in [1.54, 1.807) is 16.9 Å². The Balaban J connectivity index is 1.42. The molecule has 0 aliphatic rings. The molecule has 190 valence electrons. The number of aromatic nitrogens is 3. The van der Waals surface area contributed by atoms with Crippen molar-refractivity contribution in [1.29, 1.82) is 0 Å². The Morgan fingerprint density at radius 3 is 2.47 bits per heavy atom. The molecular formula is C31H29N5O2. The van der Waals surface area contributed by atoms with E-state index < -0.39 is 0 Å². The zero-order valence-corrected chi connectivity index (χ0v) is 21.4. The molecule has 0 atom stereocenters. The highest BCUT2D eigenvalue weighted by molar-refractivity contribution is 6.14. The molecule has 5 rings (SSSR count). The summed E-state index contributed by atoms with van der Waals surface area (Å²) in [6.07, 6.45) is 2.39. The molecule has 2 N–H and O–H groups in total. The van der Waals surface area contributed by atoms with E-state index in [-0.39, 0.29) is 17.5 Å².